The molecule has 3 rings (SSSR count). The van der Waals surface area contributed by atoms with E-state index in [4.69, 9.17) is 14.2 Å². The van der Waals surface area contributed by atoms with Crippen LogP contribution in [0.15, 0.2) is 36.4 Å². The molecule has 1 amide bonds. The number of hydrogen-bond acceptors (Lipinski definition) is 4. The Morgan fingerprint density at radius 2 is 1.89 bits per heavy atom. The van der Waals surface area contributed by atoms with Crippen molar-refractivity contribution in [1.29, 1.82) is 0 Å². The fourth-order valence-corrected chi connectivity index (χ4v) is 3.66. The summed E-state index contributed by atoms with van der Waals surface area (Å²) in [6.07, 6.45) is 1.79. The second kappa shape index (κ2) is 8.13. The van der Waals surface area contributed by atoms with Gasteiger partial charge in [-0.2, -0.15) is 0 Å². The number of nitrogens with one attached hydrogen (secondary N) is 1. The number of aryl methyl sites for hydroxylation is 2. The predicted molar refractivity (Wildman–Crippen MR) is 109 cm³/mol. The first-order valence-corrected chi connectivity index (χ1v) is 9.61. The van der Waals surface area contributed by atoms with Gasteiger partial charge >= 0.3 is 0 Å². The van der Waals surface area contributed by atoms with Gasteiger partial charge in [-0.15, -0.1) is 0 Å². The van der Waals surface area contributed by atoms with Crippen molar-refractivity contribution in [3.05, 3.63) is 53.1 Å². The van der Waals surface area contributed by atoms with Crippen molar-refractivity contribution in [3.8, 4) is 17.2 Å². The van der Waals surface area contributed by atoms with E-state index in [2.05, 4.69) is 32.2 Å². The van der Waals surface area contributed by atoms with E-state index in [1.54, 1.807) is 14.2 Å². The summed E-state index contributed by atoms with van der Waals surface area (Å²) in [7, 11) is 3.22. The van der Waals surface area contributed by atoms with Crippen molar-refractivity contribution in [3.63, 3.8) is 0 Å². The predicted octanol–water partition coefficient (Wildman–Crippen LogP) is 4.36. The van der Waals surface area contributed by atoms with Crippen LogP contribution in [0.5, 0.6) is 17.2 Å². The monoisotopic (exact) mass is 383 g/mol. The third-order valence-corrected chi connectivity index (χ3v) is 5.05. The Kier molecular flexibility index (Phi) is 5.82. The molecule has 0 aromatic heterocycles. The molecule has 5 nitrogen and oxygen atoms in total. The number of carbonyl (C=O) groups is 1. The molecule has 1 aliphatic rings. The molecule has 0 saturated heterocycles. The second-order valence-corrected chi connectivity index (χ2v) is 7.92. The normalized spacial score (nSPS) is 17.2. The fraction of sp³-hybridized carbons (Fsp3) is 0.435. The molecule has 1 N–H and O–H groups in total. The Morgan fingerprint density at radius 3 is 2.61 bits per heavy atom. The summed E-state index contributed by atoms with van der Waals surface area (Å²) < 4.78 is 16.7. The number of fused-ring (bicyclic) bond motifs is 1. The molecular formula is C23H29NO4. The van der Waals surface area contributed by atoms with Crippen LogP contribution >= 0.6 is 0 Å². The van der Waals surface area contributed by atoms with Gasteiger partial charge in [-0.05, 0) is 51.0 Å². The second-order valence-electron chi connectivity index (χ2n) is 7.92. The number of benzene rings is 2. The lowest BCUT2D eigenvalue weighted by Crippen LogP contribution is -2.41. The number of rotatable bonds is 6. The zero-order valence-electron chi connectivity index (χ0n) is 17.3. The van der Waals surface area contributed by atoms with Crippen LogP contribution in [0.3, 0.4) is 0 Å². The van der Waals surface area contributed by atoms with Gasteiger partial charge in [0.1, 0.15) is 11.4 Å². The molecule has 0 radical (unpaired) electrons. The molecule has 5 heteroatoms. The van der Waals surface area contributed by atoms with Crippen LogP contribution in [0.2, 0.25) is 0 Å². The first-order valence-electron chi connectivity index (χ1n) is 9.61. The van der Waals surface area contributed by atoms with Crippen molar-refractivity contribution >= 4 is 5.91 Å². The summed E-state index contributed by atoms with van der Waals surface area (Å²) in [5.74, 6) is 2.25. The van der Waals surface area contributed by atoms with Crippen molar-refractivity contribution < 1.29 is 19.0 Å². The molecule has 0 aliphatic carbocycles. The number of methoxy groups -OCH3 is 2. The average Bonchev–Trinajstić information content (AvgIpc) is 2.66. The van der Waals surface area contributed by atoms with Crippen molar-refractivity contribution in [2.24, 2.45) is 0 Å². The van der Waals surface area contributed by atoms with Gasteiger partial charge < -0.3 is 19.5 Å². The van der Waals surface area contributed by atoms with Gasteiger partial charge in [0.2, 0.25) is 5.91 Å². The first-order chi connectivity index (χ1) is 13.3. The van der Waals surface area contributed by atoms with Gasteiger partial charge in [-0.25, -0.2) is 0 Å². The van der Waals surface area contributed by atoms with Gasteiger partial charge in [0.15, 0.2) is 11.5 Å². The molecular weight excluding hydrogens is 354 g/mol. The van der Waals surface area contributed by atoms with Gasteiger partial charge in [0, 0.05) is 18.4 Å². The van der Waals surface area contributed by atoms with Gasteiger partial charge in [-0.3, -0.25) is 4.79 Å². The minimum Gasteiger partial charge on any atom is -0.493 e. The molecule has 2 aromatic rings. The molecule has 0 unspecified atom stereocenters. The fourth-order valence-electron chi connectivity index (χ4n) is 3.66. The number of carbonyl (C=O) groups excluding carboxylic acids is 1. The highest BCUT2D eigenvalue weighted by Crippen LogP contribution is 2.40. The van der Waals surface area contributed by atoms with Crippen molar-refractivity contribution in [1.82, 2.24) is 5.32 Å². The Hall–Kier alpha value is -2.69. The van der Waals surface area contributed by atoms with Crippen LogP contribution < -0.4 is 19.5 Å². The molecule has 1 aliphatic heterocycles. The highest BCUT2D eigenvalue weighted by Gasteiger charge is 2.34. The summed E-state index contributed by atoms with van der Waals surface area (Å²) in [5, 5.41) is 3.20. The molecule has 0 spiro atoms. The lowest BCUT2D eigenvalue weighted by Gasteiger charge is -2.38. The van der Waals surface area contributed by atoms with Crippen LogP contribution in [-0.4, -0.2) is 25.7 Å². The van der Waals surface area contributed by atoms with E-state index in [1.165, 1.54) is 0 Å². The van der Waals surface area contributed by atoms with E-state index in [9.17, 15) is 4.79 Å². The van der Waals surface area contributed by atoms with Crippen molar-refractivity contribution in [2.45, 2.75) is 51.7 Å². The minimum absolute atomic E-state index is 0.0324. The SMILES string of the molecule is COc1ccc(CCC(=O)N[C@@H]2CC(C)(C)Oc3ccc(C)cc32)cc1OC. The third-order valence-electron chi connectivity index (χ3n) is 5.05. The van der Waals surface area contributed by atoms with Crippen LogP contribution in [0.1, 0.15) is 49.4 Å². The summed E-state index contributed by atoms with van der Waals surface area (Å²) >= 11 is 0. The summed E-state index contributed by atoms with van der Waals surface area (Å²) in [4.78, 5) is 12.7. The highest BCUT2D eigenvalue weighted by molar-refractivity contribution is 5.77. The molecule has 1 atom stereocenters. The zero-order valence-corrected chi connectivity index (χ0v) is 17.3. The van der Waals surface area contributed by atoms with Gasteiger partial charge in [0.25, 0.3) is 0 Å². The molecule has 28 heavy (non-hydrogen) atoms. The maximum atomic E-state index is 12.7. The largest absolute Gasteiger partial charge is 0.493 e. The molecule has 0 bridgehead atoms. The number of hydrogen-bond donors (Lipinski definition) is 1. The first kappa shape index (κ1) is 20.1. The minimum atomic E-state index is -0.316. The highest BCUT2D eigenvalue weighted by atomic mass is 16.5. The average molecular weight is 383 g/mol. The van der Waals surface area contributed by atoms with E-state index in [0.29, 0.717) is 24.3 Å². The smallest absolute Gasteiger partial charge is 0.220 e. The quantitative estimate of drug-likeness (QED) is 0.805. The zero-order chi connectivity index (χ0) is 20.3. The molecule has 0 saturated carbocycles. The molecule has 1 heterocycles. The Labute approximate surface area is 167 Å². The van der Waals surface area contributed by atoms with E-state index in [0.717, 1.165) is 28.9 Å². The van der Waals surface area contributed by atoms with Crippen LogP contribution in [0.25, 0.3) is 0 Å². The maximum absolute atomic E-state index is 12.7. The van der Waals surface area contributed by atoms with Crippen LogP contribution in [0, 0.1) is 6.92 Å². The summed E-state index contributed by atoms with van der Waals surface area (Å²) in [5.41, 5.74) is 2.94. The molecule has 0 fully saturated rings. The summed E-state index contributed by atoms with van der Waals surface area (Å²) in [6, 6.07) is 11.8. The van der Waals surface area contributed by atoms with E-state index >= 15 is 0 Å². The number of amides is 1. The summed E-state index contributed by atoms with van der Waals surface area (Å²) in [6.45, 7) is 6.16. The van der Waals surface area contributed by atoms with E-state index in [-0.39, 0.29) is 17.6 Å². The Morgan fingerprint density at radius 1 is 1.14 bits per heavy atom. The Balaban J connectivity index is 1.67. The maximum Gasteiger partial charge on any atom is 0.220 e. The van der Waals surface area contributed by atoms with Gasteiger partial charge in [-0.1, -0.05) is 23.8 Å². The third kappa shape index (κ3) is 4.58. The number of ether oxygens (including phenoxy) is 3. The molecule has 150 valence electrons. The van der Waals surface area contributed by atoms with Crippen LogP contribution in [0.4, 0.5) is 0 Å². The lowest BCUT2D eigenvalue weighted by atomic mass is 9.89. The lowest BCUT2D eigenvalue weighted by molar-refractivity contribution is -0.122. The van der Waals surface area contributed by atoms with Crippen LogP contribution in [-0.2, 0) is 11.2 Å². The molecule has 2 aromatic carbocycles. The topological polar surface area (TPSA) is 56.8 Å². The van der Waals surface area contributed by atoms with E-state index < -0.39 is 0 Å². The standard InChI is InChI=1S/C23H29NO4/c1-15-6-9-19-17(12-15)18(14-23(2,3)28-19)24-22(25)11-8-16-7-10-20(26-4)21(13-16)27-5/h6-7,9-10,12-13,18H,8,11,14H2,1-5H3,(H,24,25)/t18-/m1/s1. The van der Waals surface area contributed by atoms with Gasteiger partial charge in [0.05, 0.1) is 20.3 Å². The Bertz CT molecular complexity index is 860. The van der Waals surface area contributed by atoms with Crippen molar-refractivity contribution in [2.75, 3.05) is 14.2 Å². The van der Waals surface area contributed by atoms with E-state index in [1.807, 2.05) is 30.3 Å².